The maximum atomic E-state index is 5.84. The SMILES string of the molecule is CC1C(c2ccccc2)ON1C(C)(C)C. The molecule has 0 bridgehead atoms. The van der Waals surface area contributed by atoms with E-state index in [2.05, 4.69) is 57.0 Å². The van der Waals surface area contributed by atoms with E-state index in [0.29, 0.717) is 6.04 Å². The fourth-order valence-electron chi connectivity index (χ4n) is 2.12. The van der Waals surface area contributed by atoms with Crippen molar-refractivity contribution in [1.82, 2.24) is 5.06 Å². The molecule has 0 N–H and O–H groups in total. The van der Waals surface area contributed by atoms with E-state index in [1.807, 2.05) is 6.07 Å². The van der Waals surface area contributed by atoms with Gasteiger partial charge in [-0.2, -0.15) is 5.06 Å². The van der Waals surface area contributed by atoms with Crippen molar-refractivity contribution in [3.8, 4) is 0 Å². The number of hydrogen-bond acceptors (Lipinski definition) is 2. The topological polar surface area (TPSA) is 12.5 Å². The van der Waals surface area contributed by atoms with Crippen LogP contribution in [0.5, 0.6) is 0 Å². The first-order valence-corrected chi connectivity index (χ1v) is 5.51. The van der Waals surface area contributed by atoms with Crippen molar-refractivity contribution in [2.45, 2.75) is 45.4 Å². The van der Waals surface area contributed by atoms with Gasteiger partial charge in [0.2, 0.25) is 0 Å². The highest BCUT2D eigenvalue weighted by Gasteiger charge is 2.44. The summed E-state index contributed by atoms with van der Waals surface area (Å²) in [5, 5.41) is 2.07. The minimum atomic E-state index is 0.0880. The second-order valence-corrected chi connectivity index (χ2v) is 5.17. The molecule has 1 aliphatic rings. The van der Waals surface area contributed by atoms with Gasteiger partial charge in [-0.15, -0.1) is 0 Å². The summed E-state index contributed by atoms with van der Waals surface area (Å²) in [5.41, 5.74) is 1.36. The van der Waals surface area contributed by atoms with Gasteiger partial charge >= 0.3 is 0 Å². The van der Waals surface area contributed by atoms with Crippen molar-refractivity contribution in [1.29, 1.82) is 0 Å². The van der Waals surface area contributed by atoms with E-state index in [4.69, 9.17) is 4.84 Å². The first kappa shape index (κ1) is 10.7. The summed E-state index contributed by atoms with van der Waals surface area (Å²) in [4.78, 5) is 5.84. The van der Waals surface area contributed by atoms with Crippen LogP contribution in [0.15, 0.2) is 30.3 Å². The molecule has 1 aromatic rings. The maximum absolute atomic E-state index is 5.84. The largest absolute Gasteiger partial charge is 0.288 e. The molecule has 15 heavy (non-hydrogen) atoms. The third kappa shape index (κ3) is 1.92. The lowest BCUT2D eigenvalue weighted by Crippen LogP contribution is -2.58. The second-order valence-electron chi connectivity index (χ2n) is 5.17. The Morgan fingerprint density at radius 3 is 2.20 bits per heavy atom. The van der Waals surface area contributed by atoms with Crippen molar-refractivity contribution in [2.24, 2.45) is 0 Å². The number of rotatable bonds is 1. The highest BCUT2D eigenvalue weighted by atomic mass is 16.7. The van der Waals surface area contributed by atoms with Crippen LogP contribution in [-0.4, -0.2) is 16.6 Å². The average molecular weight is 205 g/mol. The number of nitrogens with zero attached hydrogens (tertiary/aromatic N) is 1. The Morgan fingerprint density at radius 1 is 1.13 bits per heavy atom. The molecule has 0 spiro atoms. The molecule has 2 heteroatoms. The highest BCUT2D eigenvalue weighted by molar-refractivity contribution is 5.20. The van der Waals surface area contributed by atoms with Gasteiger partial charge in [0, 0.05) is 5.54 Å². The van der Waals surface area contributed by atoms with E-state index in [1.54, 1.807) is 0 Å². The van der Waals surface area contributed by atoms with Gasteiger partial charge in [-0.05, 0) is 33.3 Å². The molecule has 1 fully saturated rings. The molecule has 1 heterocycles. The molecular weight excluding hydrogens is 186 g/mol. The predicted molar refractivity (Wildman–Crippen MR) is 61.3 cm³/mol. The molecule has 1 aromatic carbocycles. The van der Waals surface area contributed by atoms with E-state index in [-0.39, 0.29) is 11.6 Å². The lowest BCUT2D eigenvalue weighted by Gasteiger charge is -2.52. The molecule has 82 valence electrons. The summed E-state index contributed by atoms with van der Waals surface area (Å²) in [6.07, 6.45) is 0.227. The van der Waals surface area contributed by atoms with E-state index in [1.165, 1.54) is 5.56 Å². The van der Waals surface area contributed by atoms with Crippen molar-refractivity contribution < 1.29 is 4.84 Å². The van der Waals surface area contributed by atoms with Gasteiger partial charge in [-0.25, -0.2) is 0 Å². The fourth-order valence-corrected chi connectivity index (χ4v) is 2.12. The average Bonchev–Trinajstić information content (AvgIpc) is 2.15. The molecule has 0 amide bonds. The lowest BCUT2D eigenvalue weighted by molar-refractivity contribution is -0.372. The first-order valence-electron chi connectivity index (χ1n) is 5.51. The Kier molecular flexibility index (Phi) is 2.57. The summed E-state index contributed by atoms with van der Waals surface area (Å²) in [5.74, 6) is 0. The molecule has 1 saturated heterocycles. The van der Waals surface area contributed by atoms with Gasteiger partial charge in [-0.1, -0.05) is 30.3 Å². The smallest absolute Gasteiger partial charge is 0.122 e. The summed E-state index contributed by atoms with van der Waals surface area (Å²) in [6.45, 7) is 8.73. The highest BCUT2D eigenvalue weighted by Crippen LogP contribution is 2.39. The zero-order valence-electron chi connectivity index (χ0n) is 9.90. The number of hydrogen-bond donors (Lipinski definition) is 0. The minimum Gasteiger partial charge on any atom is -0.288 e. The van der Waals surface area contributed by atoms with Crippen LogP contribution in [0.4, 0.5) is 0 Å². The maximum Gasteiger partial charge on any atom is 0.122 e. The van der Waals surface area contributed by atoms with E-state index in [9.17, 15) is 0 Å². The predicted octanol–water partition coefficient (Wildman–Crippen LogP) is 3.16. The van der Waals surface area contributed by atoms with Crippen molar-refractivity contribution in [2.75, 3.05) is 0 Å². The van der Waals surface area contributed by atoms with Crippen molar-refractivity contribution in [3.63, 3.8) is 0 Å². The third-order valence-corrected chi connectivity index (χ3v) is 2.82. The molecule has 2 unspecified atom stereocenters. The summed E-state index contributed by atoms with van der Waals surface area (Å²) in [7, 11) is 0. The molecule has 1 aliphatic heterocycles. The van der Waals surface area contributed by atoms with Crippen LogP contribution in [-0.2, 0) is 4.84 Å². The van der Waals surface area contributed by atoms with Crippen LogP contribution >= 0.6 is 0 Å². The van der Waals surface area contributed by atoms with Crippen LogP contribution in [0, 0.1) is 0 Å². The van der Waals surface area contributed by atoms with Crippen molar-refractivity contribution in [3.05, 3.63) is 35.9 Å². The Labute approximate surface area is 91.8 Å². The summed E-state index contributed by atoms with van der Waals surface area (Å²) in [6, 6.07) is 10.9. The Morgan fingerprint density at radius 2 is 1.73 bits per heavy atom. The van der Waals surface area contributed by atoms with Crippen molar-refractivity contribution >= 4 is 0 Å². The Bertz CT molecular complexity index is 328. The van der Waals surface area contributed by atoms with E-state index in [0.717, 1.165) is 0 Å². The van der Waals surface area contributed by atoms with E-state index >= 15 is 0 Å². The van der Waals surface area contributed by atoms with Gasteiger partial charge in [0.25, 0.3) is 0 Å². The summed E-state index contributed by atoms with van der Waals surface area (Å²) < 4.78 is 0. The monoisotopic (exact) mass is 205 g/mol. The van der Waals surface area contributed by atoms with Crippen LogP contribution in [0.2, 0.25) is 0 Å². The quantitative estimate of drug-likeness (QED) is 0.698. The fraction of sp³-hybridized carbons (Fsp3) is 0.538. The van der Waals surface area contributed by atoms with Crippen LogP contribution in [0.25, 0.3) is 0 Å². The normalized spacial score (nSPS) is 27.5. The molecule has 2 atom stereocenters. The zero-order valence-corrected chi connectivity index (χ0v) is 9.90. The van der Waals surface area contributed by atoms with Gasteiger partial charge in [0.1, 0.15) is 6.10 Å². The number of hydroxylamine groups is 2. The van der Waals surface area contributed by atoms with Gasteiger partial charge in [0.05, 0.1) is 6.04 Å². The first-order chi connectivity index (χ1) is 7.00. The molecule has 2 nitrogen and oxygen atoms in total. The van der Waals surface area contributed by atoms with Gasteiger partial charge in [-0.3, -0.25) is 4.84 Å². The second kappa shape index (κ2) is 3.62. The molecular formula is C13H19NO. The van der Waals surface area contributed by atoms with Gasteiger partial charge < -0.3 is 0 Å². The van der Waals surface area contributed by atoms with Gasteiger partial charge in [0.15, 0.2) is 0 Å². The Balaban J connectivity index is 2.07. The molecule has 0 saturated carbocycles. The minimum absolute atomic E-state index is 0.0880. The molecule has 0 aromatic heterocycles. The van der Waals surface area contributed by atoms with Crippen LogP contribution < -0.4 is 0 Å². The number of benzene rings is 1. The third-order valence-electron chi connectivity index (χ3n) is 2.82. The Hall–Kier alpha value is -0.860. The summed E-state index contributed by atoms with van der Waals surface area (Å²) >= 11 is 0. The van der Waals surface area contributed by atoms with Crippen LogP contribution in [0.3, 0.4) is 0 Å². The molecule has 0 aliphatic carbocycles. The van der Waals surface area contributed by atoms with E-state index < -0.39 is 0 Å². The standard InChI is InChI=1S/C13H19NO/c1-10-12(11-8-6-5-7-9-11)15-14(10)13(2,3)4/h5-10,12H,1-4H3. The lowest BCUT2D eigenvalue weighted by atomic mass is 9.96. The van der Waals surface area contributed by atoms with Crippen LogP contribution in [0.1, 0.15) is 39.4 Å². The molecule has 2 rings (SSSR count). The zero-order chi connectivity index (χ0) is 11.1. The molecule has 0 radical (unpaired) electrons.